The van der Waals surface area contributed by atoms with E-state index in [4.69, 9.17) is 0 Å². The van der Waals surface area contributed by atoms with Crippen molar-refractivity contribution in [3.63, 3.8) is 0 Å². The van der Waals surface area contributed by atoms with E-state index in [1.54, 1.807) is 48.5 Å². The largest absolute Gasteiger partial charge is 0.508 e. The van der Waals surface area contributed by atoms with Gasteiger partial charge >= 0.3 is 0 Å². The molecule has 0 saturated heterocycles. The lowest BCUT2D eigenvalue weighted by Crippen LogP contribution is -2.35. The number of phenolic OH excluding ortho intramolecular Hbond substituents is 8. The first-order chi connectivity index (χ1) is 48.7. The van der Waals surface area contributed by atoms with Crippen LogP contribution in [-0.2, 0) is 21.7 Å². The second-order valence-corrected chi connectivity index (χ2v) is 30.0. The Balaban J connectivity index is 1.35. The van der Waals surface area contributed by atoms with Crippen LogP contribution in [0.3, 0.4) is 0 Å². The van der Waals surface area contributed by atoms with Crippen LogP contribution in [0.5, 0.6) is 46.0 Å². The third-order valence-electron chi connectivity index (χ3n) is 22.6. The van der Waals surface area contributed by atoms with Gasteiger partial charge < -0.3 is 60.8 Å². The highest BCUT2D eigenvalue weighted by Gasteiger charge is 2.49. The molecule has 0 unspecified atom stereocenters. The molecule has 4 aromatic carbocycles. The Labute approximate surface area is 599 Å². The van der Waals surface area contributed by atoms with Crippen molar-refractivity contribution in [2.24, 2.45) is 0 Å². The minimum Gasteiger partial charge on any atom is -0.508 e. The van der Waals surface area contributed by atoms with E-state index in [2.05, 4.69) is 96.2 Å². The van der Waals surface area contributed by atoms with E-state index in [1.807, 2.05) is 0 Å². The normalized spacial score (nSPS) is 18.3. The second kappa shape index (κ2) is 37.9. The maximum absolute atomic E-state index is 11.8. The Morgan fingerprint density at radius 3 is 0.460 bits per heavy atom. The zero-order valence-corrected chi connectivity index (χ0v) is 61.4. The smallest absolute Gasteiger partial charge is 0.119 e. The molecule has 0 saturated carbocycles. The van der Waals surface area contributed by atoms with Crippen molar-refractivity contribution >= 4 is 0 Å². The molecule has 0 atom stereocenters. The summed E-state index contributed by atoms with van der Waals surface area (Å²) in [5.41, 5.74) is 4.90. The molecule has 12 N–H and O–H groups in total. The topological polar surface area (TPSA) is 225 Å². The molecule has 0 spiro atoms. The molecule has 8 bridgehead atoms. The number of fused-ring (bicyclic) bond motifs is 8. The van der Waals surface area contributed by atoms with Crippen molar-refractivity contribution in [1.29, 1.82) is 0 Å². The van der Waals surface area contributed by atoms with E-state index in [9.17, 15) is 40.9 Å². The van der Waals surface area contributed by atoms with Crippen molar-refractivity contribution in [2.75, 3.05) is 0 Å². The number of benzene rings is 4. The average molecular weight is 1370 g/mol. The quantitative estimate of drug-likeness (QED) is 0.0164. The van der Waals surface area contributed by atoms with Crippen LogP contribution in [0.4, 0.5) is 0 Å². The Morgan fingerprint density at radius 1 is 0.190 bits per heavy atom. The van der Waals surface area contributed by atoms with Gasteiger partial charge in [0.2, 0.25) is 0 Å². The molecule has 9 rings (SSSR count). The fourth-order valence-electron chi connectivity index (χ4n) is 17.2. The number of hydrogen-bond donors (Lipinski definition) is 12. The summed E-state index contributed by atoms with van der Waals surface area (Å²) in [5, 5.41) is 94.6. The monoisotopic (exact) mass is 1360 g/mol. The van der Waals surface area contributed by atoms with Crippen molar-refractivity contribution in [2.45, 2.75) is 306 Å². The Hall–Kier alpha value is -7.60. The summed E-state index contributed by atoms with van der Waals surface area (Å²) in [7, 11) is 0. The number of aromatic nitrogens is 4. The van der Waals surface area contributed by atoms with Gasteiger partial charge in [-0.1, -0.05) is 259 Å². The highest BCUT2D eigenvalue weighted by molar-refractivity contribution is 5.60. The zero-order chi connectivity index (χ0) is 70.8. The number of unbranched alkanes of at least 4 members (excludes halogenated alkanes) is 32. The maximum Gasteiger partial charge on any atom is 0.119 e. The van der Waals surface area contributed by atoms with E-state index in [0.29, 0.717) is 47.9 Å². The molecule has 544 valence electrons. The highest BCUT2D eigenvalue weighted by atomic mass is 16.3. The first kappa shape index (κ1) is 76.6. The van der Waals surface area contributed by atoms with Crippen LogP contribution in [0.15, 0.2) is 121 Å². The number of aromatic amines is 4. The lowest BCUT2D eigenvalue weighted by atomic mass is 9.70. The van der Waals surface area contributed by atoms with Gasteiger partial charge in [-0.2, -0.15) is 0 Å². The molecular formula is C88H124N4O8. The molecule has 8 aromatic rings. The predicted molar refractivity (Wildman–Crippen MR) is 409 cm³/mol. The minimum atomic E-state index is -1.09. The molecule has 12 heteroatoms. The Kier molecular flexibility index (Phi) is 29.0. The predicted octanol–water partition coefficient (Wildman–Crippen LogP) is 24.0. The number of rotatable bonds is 44. The molecule has 0 aliphatic carbocycles. The van der Waals surface area contributed by atoms with Gasteiger partial charge in [0.15, 0.2) is 0 Å². The van der Waals surface area contributed by atoms with Crippen LogP contribution in [-0.4, -0.2) is 60.8 Å². The first-order valence-electron chi connectivity index (χ1n) is 39.6. The number of nitrogens with one attached hydrogen (secondary N) is 4. The molecule has 1 aliphatic rings. The van der Waals surface area contributed by atoms with E-state index in [1.165, 1.54) is 153 Å². The number of aromatic hydroxyl groups is 8. The lowest BCUT2D eigenvalue weighted by Gasteiger charge is -2.38. The molecule has 5 heterocycles. The van der Waals surface area contributed by atoms with Gasteiger partial charge in [0.25, 0.3) is 0 Å². The average Bonchev–Trinajstić information content (AvgIpc) is 1.53. The molecule has 4 aromatic heterocycles. The first-order valence-corrected chi connectivity index (χ1v) is 39.6. The van der Waals surface area contributed by atoms with Crippen LogP contribution in [0.25, 0.3) is 0 Å². The van der Waals surface area contributed by atoms with Crippen LogP contribution in [0.2, 0.25) is 0 Å². The lowest BCUT2D eigenvalue weighted by molar-refractivity contribution is 0.430. The maximum atomic E-state index is 11.8. The summed E-state index contributed by atoms with van der Waals surface area (Å²) in [5.74, 6) is -0.549. The van der Waals surface area contributed by atoms with Gasteiger partial charge in [0.1, 0.15) is 46.0 Å². The van der Waals surface area contributed by atoms with Crippen molar-refractivity contribution in [1.82, 2.24) is 19.9 Å². The number of H-pyrrole nitrogens is 4. The van der Waals surface area contributed by atoms with Gasteiger partial charge in [-0.15, -0.1) is 0 Å². The summed E-state index contributed by atoms with van der Waals surface area (Å²) < 4.78 is 0. The molecule has 100 heavy (non-hydrogen) atoms. The molecule has 0 radical (unpaired) electrons. The fourth-order valence-corrected chi connectivity index (χ4v) is 17.2. The van der Waals surface area contributed by atoms with Crippen molar-refractivity contribution < 1.29 is 40.9 Å². The van der Waals surface area contributed by atoms with Crippen molar-refractivity contribution in [3.8, 4) is 46.0 Å². The minimum absolute atomic E-state index is 0.0687. The summed E-state index contributed by atoms with van der Waals surface area (Å²) in [4.78, 5) is 16.7. The summed E-state index contributed by atoms with van der Waals surface area (Å²) in [6.45, 7) is 9.01. The SMILES string of the molecule is CCCCCCCCCCCC1(c2cc(O)cc(O)c2)c2ccc([nH]2)C(CCCCCCCCCCC)(c2cc(O)cc(O)c2)c2ccc([nH]2)C(CCCCCCCCCCC)(c2cc(O)cc(O)c2)c2ccc([nH]2)C(CCCCCCCCCCC)(c2cc(O)cc(O)c2)c2ccc1[nH]2. The highest BCUT2D eigenvalue weighted by Crippen LogP contribution is 2.54. The van der Waals surface area contributed by atoms with Crippen LogP contribution in [0.1, 0.15) is 352 Å². The standard InChI is InChI=1S/C88H124N4O8/c1-5-9-13-17-21-25-29-33-37-49-85(65-53-69(93)61-70(94)54-65)77-41-43-79(89-77)86(66-55-71(95)62-72(96)56-66,50-38-34-30-26-22-18-14-10-6-2)81-45-47-83(91-81)88(68-59-75(99)64-76(100)60-68,52-40-36-32-28-24-20-16-12-8-4)84-48-46-82(92-84)87(80-44-42-78(85)90-80,67-57-73(97)63-74(98)58-67)51-39-35-31-27-23-19-15-11-7-3/h41-48,53-64,89-100H,5-40,49-52H2,1-4H3. The van der Waals surface area contributed by atoms with E-state index in [0.717, 1.165) is 148 Å². The second-order valence-electron chi connectivity index (χ2n) is 30.0. The van der Waals surface area contributed by atoms with Gasteiger partial charge in [-0.05, 0) is 145 Å². The molecule has 0 amide bonds. The van der Waals surface area contributed by atoms with E-state index >= 15 is 0 Å². The van der Waals surface area contributed by atoms with E-state index in [-0.39, 0.29) is 46.0 Å². The van der Waals surface area contributed by atoms with Gasteiger partial charge in [0.05, 0.1) is 21.7 Å². The van der Waals surface area contributed by atoms with Crippen LogP contribution in [0, 0.1) is 0 Å². The Bertz CT molecular complexity index is 3080. The van der Waals surface area contributed by atoms with Gasteiger partial charge in [0, 0.05) is 69.8 Å². The number of phenols is 8. The summed E-state index contributed by atoms with van der Waals surface area (Å²) >= 11 is 0. The Morgan fingerprint density at radius 2 is 0.320 bits per heavy atom. The third kappa shape index (κ3) is 18.7. The van der Waals surface area contributed by atoms with Gasteiger partial charge in [-0.25, -0.2) is 0 Å². The van der Waals surface area contributed by atoms with Crippen molar-refractivity contribution in [3.05, 3.63) is 189 Å². The molecule has 1 aliphatic heterocycles. The molecule has 0 fully saturated rings. The summed E-state index contributed by atoms with van der Waals surface area (Å²) in [6, 6.07) is 37.2. The zero-order valence-electron chi connectivity index (χ0n) is 61.4. The van der Waals surface area contributed by atoms with E-state index < -0.39 is 21.7 Å². The van der Waals surface area contributed by atoms with Crippen LogP contribution >= 0.6 is 0 Å². The molecule has 12 nitrogen and oxygen atoms in total. The van der Waals surface area contributed by atoms with Gasteiger partial charge in [-0.3, -0.25) is 0 Å². The summed E-state index contributed by atoms with van der Waals surface area (Å²) in [6.07, 6.45) is 42.4. The number of hydrogen-bond acceptors (Lipinski definition) is 8. The third-order valence-corrected chi connectivity index (χ3v) is 22.6. The van der Waals surface area contributed by atoms with Crippen LogP contribution < -0.4 is 0 Å². The molecular weight excluding hydrogens is 1240 g/mol. The fraction of sp³-hybridized carbons (Fsp3) is 0.545.